The Labute approximate surface area is 116 Å². The first kappa shape index (κ1) is 14.0. The van der Waals surface area contributed by atoms with Crippen molar-refractivity contribution in [3.63, 3.8) is 0 Å². The second-order valence-corrected chi connectivity index (χ2v) is 5.73. The van der Waals surface area contributed by atoms with E-state index in [1.165, 1.54) is 11.8 Å². The van der Waals surface area contributed by atoms with Gasteiger partial charge >= 0.3 is 0 Å². The number of aryl methyl sites for hydroxylation is 1. The van der Waals surface area contributed by atoms with Gasteiger partial charge in [0.05, 0.1) is 17.9 Å². The zero-order valence-corrected chi connectivity index (χ0v) is 11.7. The van der Waals surface area contributed by atoms with Crippen molar-refractivity contribution in [2.24, 2.45) is 11.7 Å². The number of primary amides is 1. The first-order valence-electron chi connectivity index (χ1n) is 6.32. The molecule has 2 rings (SSSR count). The summed E-state index contributed by atoms with van der Waals surface area (Å²) < 4.78 is 5.18. The maximum atomic E-state index is 12.1. The van der Waals surface area contributed by atoms with E-state index >= 15 is 0 Å². The molecule has 1 aromatic heterocycles. The number of nitrogens with two attached hydrogens (primary N) is 1. The van der Waals surface area contributed by atoms with Gasteiger partial charge in [-0.15, -0.1) is 11.8 Å². The van der Waals surface area contributed by atoms with Crippen LogP contribution in [0.1, 0.15) is 18.6 Å². The van der Waals surface area contributed by atoms with Gasteiger partial charge < -0.3 is 15.1 Å². The Hall–Kier alpha value is -1.43. The van der Waals surface area contributed by atoms with Gasteiger partial charge in [-0.1, -0.05) is 0 Å². The number of nitrogens with zero attached hydrogens (tertiary/aromatic N) is 1. The molecule has 1 aromatic rings. The van der Waals surface area contributed by atoms with Gasteiger partial charge in [-0.25, -0.2) is 0 Å². The lowest BCUT2D eigenvalue weighted by Crippen LogP contribution is -2.44. The minimum atomic E-state index is -0.309. The minimum absolute atomic E-state index is 0.0524. The second kappa shape index (κ2) is 6.14. The molecule has 1 aliphatic heterocycles. The zero-order chi connectivity index (χ0) is 13.8. The maximum absolute atomic E-state index is 12.1. The Morgan fingerprint density at radius 2 is 2.37 bits per heavy atom. The van der Waals surface area contributed by atoms with Crippen molar-refractivity contribution in [1.29, 1.82) is 0 Å². The molecule has 0 bridgehead atoms. The first-order valence-corrected chi connectivity index (χ1v) is 7.30. The topological polar surface area (TPSA) is 76.5 Å². The van der Waals surface area contributed by atoms with Crippen LogP contribution in [0.4, 0.5) is 0 Å². The summed E-state index contributed by atoms with van der Waals surface area (Å²) in [5.41, 5.74) is 5.31. The average molecular weight is 282 g/mol. The predicted octanol–water partition coefficient (Wildman–Crippen LogP) is 1.40. The smallest absolute Gasteiger partial charge is 0.232 e. The Bertz CT molecular complexity index is 472. The Morgan fingerprint density at radius 1 is 1.58 bits per heavy atom. The number of carbonyl (C=O) groups excluding carboxylic acids is 2. The Balaban J connectivity index is 1.86. The minimum Gasteiger partial charge on any atom is -0.468 e. The molecule has 2 amide bonds. The molecule has 0 spiro atoms. The van der Waals surface area contributed by atoms with Gasteiger partial charge in [-0.3, -0.25) is 9.59 Å². The number of piperidine rings is 1. The molecule has 5 nitrogen and oxygen atoms in total. The molecule has 19 heavy (non-hydrogen) atoms. The van der Waals surface area contributed by atoms with Crippen molar-refractivity contribution < 1.29 is 14.0 Å². The van der Waals surface area contributed by atoms with E-state index in [9.17, 15) is 9.59 Å². The quantitative estimate of drug-likeness (QED) is 0.847. The van der Waals surface area contributed by atoms with Crippen molar-refractivity contribution in [2.45, 2.75) is 24.7 Å². The SMILES string of the molecule is Cc1occc1SCC(=O)N1CCCC(C(N)=O)C1. The summed E-state index contributed by atoms with van der Waals surface area (Å²) in [7, 11) is 0. The van der Waals surface area contributed by atoms with E-state index in [4.69, 9.17) is 10.2 Å². The van der Waals surface area contributed by atoms with Gasteiger partial charge in [0.15, 0.2) is 0 Å². The van der Waals surface area contributed by atoms with Gasteiger partial charge in [0.25, 0.3) is 0 Å². The van der Waals surface area contributed by atoms with Crippen LogP contribution in [0.5, 0.6) is 0 Å². The lowest BCUT2D eigenvalue weighted by Gasteiger charge is -2.31. The number of thioether (sulfide) groups is 1. The lowest BCUT2D eigenvalue weighted by molar-refractivity contribution is -0.132. The number of likely N-dealkylation sites (tertiary alicyclic amines) is 1. The number of hydrogen-bond donors (Lipinski definition) is 1. The van der Waals surface area contributed by atoms with Gasteiger partial charge in [0, 0.05) is 18.0 Å². The largest absolute Gasteiger partial charge is 0.468 e. The summed E-state index contributed by atoms with van der Waals surface area (Å²) in [5.74, 6) is 0.739. The fourth-order valence-corrected chi connectivity index (χ4v) is 3.05. The average Bonchev–Trinajstić information content (AvgIpc) is 2.81. The second-order valence-electron chi connectivity index (χ2n) is 4.71. The van der Waals surface area contributed by atoms with Crippen LogP contribution < -0.4 is 5.73 Å². The van der Waals surface area contributed by atoms with Gasteiger partial charge in [0.2, 0.25) is 11.8 Å². The number of hydrogen-bond acceptors (Lipinski definition) is 4. The number of amides is 2. The third-order valence-electron chi connectivity index (χ3n) is 3.34. The molecule has 1 unspecified atom stereocenters. The van der Waals surface area contributed by atoms with E-state index < -0.39 is 0 Å². The predicted molar refractivity (Wildman–Crippen MR) is 72.7 cm³/mol. The Kier molecular flexibility index (Phi) is 4.52. The number of rotatable bonds is 4. The molecular weight excluding hydrogens is 264 g/mol. The fourth-order valence-electron chi connectivity index (χ4n) is 2.19. The molecule has 2 heterocycles. The molecule has 1 atom stereocenters. The molecule has 0 aromatic carbocycles. The third kappa shape index (κ3) is 3.53. The van der Waals surface area contributed by atoms with E-state index in [1.807, 2.05) is 13.0 Å². The van der Waals surface area contributed by atoms with E-state index in [0.29, 0.717) is 18.8 Å². The van der Waals surface area contributed by atoms with Crippen LogP contribution in [0.3, 0.4) is 0 Å². The van der Waals surface area contributed by atoms with Crippen molar-refractivity contribution in [2.75, 3.05) is 18.8 Å². The summed E-state index contributed by atoms with van der Waals surface area (Å²) in [6, 6.07) is 1.86. The number of furan rings is 1. The van der Waals surface area contributed by atoms with Crippen molar-refractivity contribution in [3.05, 3.63) is 18.1 Å². The van der Waals surface area contributed by atoms with E-state index in [2.05, 4.69) is 0 Å². The molecule has 0 radical (unpaired) electrons. The molecule has 6 heteroatoms. The number of carbonyl (C=O) groups is 2. The first-order chi connectivity index (χ1) is 9.08. The van der Waals surface area contributed by atoms with Crippen LogP contribution in [0, 0.1) is 12.8 Å². The molecular formula is C13H18N2O3S. The normalized spacial score (nSPS) is 19.4. The van der Waals surface area contributed by atoms with E-state index in [1.54, 1.807) is 11.2 Å². The summed E-state index contributed by atoms with van der Waals surface area (Å²) in [5, 5.41) is 0. The summed E-state index contributed by atoms with van der Waals surface area (Å²) >= 11 is 1.46. The monoisotopic (exact) mass is 282 g/mol. The van der Waals surface area contributed by atoms with Crippen LogP contribution in [0.25, 0.3) is 0 Å². The van der Waals surface area contributed by atoms with Gasteiger partial charge in [0.1, 0.15) is 5.76 Å². The highest BCUT2D eigenvalue weighted by molar-refractivity contribution is 8.00. The van der Waals surface area contributed by atoms with Crippen LogP contribution in [-0.2, 0) is 9.59 Å². The van der Waals surface area contributed by atoms with Crippen molar-refractivity contribution in [3.8, 4) is 0 Å². The third-order valence-corrected chi connectivity index (χ3v) is 4.46. The maximum Gasteiger partial charge on any atom is 0.232 e. The summed E-state index contributed by atoms with van der Waals surface area (Å²) in [6.07, 6.45) is 3.24. The standard InChI is InChI=1S/C13H18N2O3S/c1-9-11(4-6-18-9)19-8-12(16)15-5-2-3-10(7-15)13(14)17/h4,6,10H,2-3,5,7-8H2,1H3,(H2,14,17). The van der Waals surface area contributed by atoms with Crippen LogP contribution in [0.2, 0.25) is 0 Å². The van der Waals surface area contributed by atoms with Crippen molar-refractivity contribution >= 4 is 23.6 Å². The van der Waals surface area contributed by atoms with E-state index in [-0.39, 0.29) is 17.7 Å². The Morgan fingerprint density at radius 3 is 3.00 bits per heavy atom. The van der Waals surface area contributed by atoms with Gasteiger partial charge in [-0.2, -0.15) is 0 Å². The molecule has 0 aliphatic carbocycles. The zero-order valence-electron chi connectivity index (χ0n) is 10.9. The fraction of sp³-hybridized carbons (Fsp3) is 0.538. The molecule has 1 aliphatic rings. The van der Waals surface area contributed by atoms with Crippen LogP contribution in [0.15, 0.2) is 21.6 Å². The molecule has 2 N–H and O–H groups in total. The summed E-state index contributed by atoms with van der Waals surface area (Å²) in [6.45, 7) is 3.05. The van der Waals surface area contributed by atoms with E-state index in [0.717, 1.165) is 23.5 Å². The molecule has 1 saturated heterocycles. The summed E-state index contributed by atoms with van der Waals surface area (Å²) in [4.78, 5) is 26.0. The highest BCUT2D eigenvalue weighted by Gasteiger charge is 2.26. The highest BCUT2D eigenvalue weighted by atomic mass is 32.2. The molecule has 1 fully saturated rings. The lowest BCUT2D eigenvalue weighted by atomic mass is 9.97. The van der Waals surface area contributed by atoms with Crippen LogP contribution >= 0.6 is 11.8 Å². The van der Waals surface area contributed by atoms with Crippen LogP contribution in [-0.4, -0.2) is 35.6 Å². The molecule has 0 saturated carbocycles. The van der Waals surface area contributed by atoms with Crippen molar-refractivity contribution in [1.82, 2.24) is 4.90 Å². The highest BCUT2D eigenvalue weighted by Crippen LogP contribution is 2.24. The van der Waals surface area contributed by atoms with Gasteiger partial charge in [-0.05, 0) is 25.8 Å². The molecule has 104 valence electrons.